The molecule has 0 unspecified atom stereocenters. The Morgan fingerprint density at radius 2 is 1.90 bits per heavy atom. The first kappa shape index (κ1) is 25.4. The molecule has 0 saturated carbocycles. The molecule has 7 nitrogen and oxygen atoms in total. The lowest BCUT2D eigenvalue weighted by atomic mass is 10.2. The second kappa shape index (κ2) is 12.2. The summed E-state index contributed by atoms with van der Waals surface area (Å²) >= 11 is 0. The summed E-state index contributed by atoms with van der Waals surface area (Å²) in [5.74, 6) is 0.435. The standard InChI is InChI=1S/C20H32FN5O2.HI/c1-20(2,3)28-19(27)26-12-10-25(11-13-26)9-8-23-18(22-4)24-15-16-6-5-7-17(21)14-16;/h5-7,14H,8-13,15H2,1-4H3,(H2,22,23,24);1H. The summed E-state index contributed by atoms with van der Waals surface area (Å²) in [6.07, 6.45) is -0.243. The third-order valence-corrected chi connectivity index (χ3v) is 4.32. The Morgan fingerprint density at radius 3 is 2.48 bits per heavy atom. The molecule has 0 spiro atoms. The van der Waals surface area contributed by atoms with Crippen molar-refractivity contribution in [3.63, 3.8) is 0 Å². The van der Waals surface area contributed by atoms with Crippen LogP contribution in [0.25, 0.3) is 0 Å². The Kier molecular flexibility index (Phi) is 10.7. The van der Waals surface area contributed by atoms with Gasteiger partial charge in [0, 0.05) is 52.9 Å². The highest BCUT2D eigenvalue weighted by molar-refractivity contribution is 14.0. The number of carbonyl (C=O) groups is 1. The number of benzene rings is 1. The zero-order chi connectivity index (χ0) is 20.6. The summed E-state index contributed by atoms with van der Waals surface area (Å²) in [7, 11) is 1.71. The van der Waals surface area contributed by atoms with Crippen LogP contribution in [0.3, 0.4) is 0 Å². The van der Waals surface area contributed by atoms with Gasteiger partial charge in [-0.1, -0.05) is 12.1 Å². The zero-order valence-corrected chi connectivity index (χ0v) is 20.0. The maximum absolute atomic E-state index is 13.2. The van der Waals surface area contributed by atoms with Crippen molar-refractivity contribution in [2.75, 3.05) is 46.3 Å². The predicted octanol–water partition coefficient (Wildman–Crippen LogP) is 2.66. The SMILES string of the molecule is CN=C(NCCN1CCN(C(=O)OC(C)(C)C)CC1)NCc1cccc(F)c1.I. The fraction of sp³-hybridized carbons (Fsp3) is 0.600. The first-order chi connectivity index (χ1) is 13.3. The summed E-state index contributed by atoms with van der Waals surface area (Å²) in [6.45, 7) is 10.7. The number of rotatable bonds is 5. The fourth-order valence-electron chi connectivity index (χ4n) is 2.87. The lowest BCUT2D eigenvalue weighted by Crippen LogP contribution is -2.51. The van der Waals surface area contributed by atoms with E-state index in [1.165, 1.54) is 12.1 Å². The van der Waals surface area contributed by atoms with Gasteiger partial charge in [-0.05, 0) is 38.5 Å². The number of ether oxygens (including phenoxy) is 1. The summed E-state index contributed by atoms with van der Waals surface area (Å²) < 4.78 is 18.6. The van der Waals surface area contributed by atoms with Crippen LogP contribution in [0, 0.1) is 5.82 Å². The van der Waals surface area contributed by atoms with Crippen LogP contribution >= 0.6 is 24.0 Å². The Labute approximate surface area is 190 Å². The molecule has 2 N–H and O–H groups in total. The minimum atomic E-state index is -0.466. The number of aliphatic imine (C=N–C) groups is 1. The Bertz CT molecular complexity index is 673. The highest BCUT2D eigenvalue weighted by Crippen LogP contribution is 2.11. The molecule has 164 valence electrons. The Morgan fingerprint density at radius 1 is 1.21 bits per heavy atom. The second-order valence-corrected chi connectivity index (χ2v) is 7.79. The average Bonchev–Trinajstić information content (AvgIpc) is 2.63. The predicted molar refractivity (Wildman–Crippen MR) is 124 cm³/mol. The van der Waals surface area contributed by atoms with Gasteiger partial charge in [-0.15, -0.1) is 24.0 Å². The normalized spacial score (nSPS) is 15.5. The number of hydrogen-bond acceptors (Lipinski definition) is 4. The van der Waals surface area contributed by atoms with E-state index in [0.29, 0.717) is 25.6 Å². The average molecular weight is 521 g/mol. The molecule has 1 amide bonds. The van der Waals surface area contributed by atoms with Crippen LogP contribution in [0.1, 0.15) is 26.3 Å². The number of carbonyl (C=O) groups excluding carboxylic acids is 1. The molecule has 1 heterocycles. The maximum atomic E-state index is 13.2. The van der Waals surface area contributed by atoms with Crippen molar-refractivity contribution in [1.29, 1.82) is 0 Å². The third-order valence-electron chi connectivity index (χ3n) is 4.32. The number of piperazine rings is 1. The van der Waals surface area contributed by atoms with Crippen molar-refractivity contribution in [1.82, 2.24) is 20.4 Å². The second-order valence-electron chi connectivity index (χ2n) is 7.79. The highest BCUT2D eigenvalue weighted by atomic mass is 127. The van der Waals surface area contributed by atoms with Crippen LogP contribution in [0.5, 0.6) is 0 Å². The number of halogens is 2. The number of nitrogens with one attached hydrogen (secondary N) is 2. The van der Waals surface area contributed by atoms with Gasteiger partial charge in [-0.2, -0.15) is 0 Å². The monoisotopic (exact) mass is 521 g/mol. The first-order valence-electron chi connectivity index (χ1n) is 9.66. The molecule has 0 bridgehead atoms. The van der Waals surface area contributed by atoms with Crippen LogP contribution in [-0.4, -0.2) is 73.8 Å². The lowest BCUT2D eigenvalue weighted by molar-refractivity contribution is 0.0147. The van der Waals surface area contributed by atoms with Crippen LogP contribution in [0.2, 0.25) is 0 Å². The lowest BCUT2D eigenvalue weighted by Gasteiger charge is -2.35. The van der Waals surface area contributed by atoms with Crippen molar-refractivity contribution in [2.45, 2.75) is 32.9 Å². The van der Waals surface area contributed by atoms with E-state index in [1.54, 1.807) is 18.0 Å². The molecule has 1 fully saturated rings. The number of hydrogen-bond donors (Lipinski definition) is 2. The molecular formula is C20H33FIN5O2. The first-order valence-corrected chi connectivity index (χ1v) is 9.66. The van der Waals surface area contributed by atoms with E-state index in [2.05, 4.69) is 20.5 Å². The number of amides is 1. The van der Waals surface area contributed by atoms with Gasteiger partial charge in [-0.25, -0.2) is 9.18 Å². The molecule has 0 radical (unpaired) electrons. The summed E-state index contributed by atoms with van der Waals surface area (Å²) in [5, 5.41) is 6.44. The summed E-state index contributed by atoms with van der Waals surface area (Å²) in [6, 6.07) is 6.50. The quantitative estimate of drug-likeness (QED) is 0.355. The van der Waals surface area contributed by atoms with Crippen LogP contribution < -0.4 is 10.6 Å². The molecule has 0 aliphatic carbocycles. The van der Waals surface area contributed by atoms with E-state index in [4.69, 9.17) is 4.74 Å². The molecule has 1 aliphatic rings. The molecule has 1 aliphatic heterocycles. The molecule has 1 aromatic rings. The summed E-state index contributed by atoms with van der Waals surface area (Å²) in [5.41, 5.74) is 0.397. The van der Waals surface area contributed by atoms with Crippen molar-refractivity contribution < 1.29 is 13.9 Å². The van der Waals surface area contributed by atoms with E-state index < -0.39 is 5.60 Å². The Hall–Kier alpha value is -1.62. The van der Waals surface area contributed by atoms with Gasteiger partial charge >= 0.3 is 6.09 Å². The molecule has 1 saturated heterocycles. The zero-order valence-electron chi connectivity index (χ0n) is 17.7. The van der Waals surface area contributed by atoms with Crippen LogP contribution in [-0.2, 0) is 11.3 Å². The van der Waals surface area contributed by atoms with Crippen molar-refractivity contribution in [3.8, 4) is 0 Å². The Balaban J connectivity index is 0.00000420. The number of guanidine groups is 1. The largest absolute Gasteiger partial charge is 0.444 e. The van der Waals surface area contributed by atoms with Gasteiger partial charge in [0.2, 0.25) is 0 Å². The van der Waals surface area contributed by atoms with Crippen molar-refractivity contribution in [2.24, 2.45) is 4.99 Å². The molecule has 2 rings (SSSR count). The topological polar surface area (TPSA) is 69.2 Å². The van der Waals surface area contributed by atoms with E-state index in [-0.39, 0.29) is 35.9 Å². The van der Waals surface area contributed by atoms with Gasteiger partial charge in [-0.3, -0.25) is 9.89 Å². The summed E-state index contributed by atoms with van der Waals surface area (Å²) in [4.78, 5) is 20.3. The molecular weight excluding hydrogens is 488 g/mol. The van der Waals surface area contributed by atoms with Gasteiger partial charge in [0.05, 0.1) is 0 Å². The molecule has 29 heavy (non-hydrogen) atoms. The minimum absolute atomic E-state index is 0. The molecule has 9 heteroatoms. The van der Waals surface area contributed by atoms with Crippen molar-refractivity contribution in [3.05, 3.63) is 35.6 Å². The van der Waals surface area contributed by atoms with Gasteiger partial charge < -0.3 is 20.3 Å². The van der Waals surface area contributed by atoms with Crippen LogP contribution in [0.15, 0.2) is 29.3 Å². The third kappa shape index (κ3) is 9.62. The highest BCUT2D eigenvalue weighted by Gasteiger charge is 2.25. The molecule has 0 atom stereocenters. The maximum Gasteiger partial charge on any atom is 0.410 e. The van der Waals surface area contributed by atoms with E-state index >= 15 is 0 Å². The van der Waals surface area contributed by atoms with Gasteiger partial charge in [0.15, 0.2) is 5.96 Å². The van der Waals surface area contributed by atoms with Crippen molar-refractivity contribution >= 4 is 36.0 Å². The van der Waals surface area contributed by atoms with E-state index in [0.717, 1.165) is 31.7 Å². The molecule has 1 aromatic carbocycles. The van der Waals surface area contributed by atoms with Gasteiger partial charge in [0.1, 0.15) is 11.4 Å². The smallest absolute Gasteiger partial charge is 0.410 e. The molecule has 0 aromatic heterocycles. The van der Waals surface area contributed by atoms with E-state index in [9.17, 15) is 9.18 Å². The van der Waals surface area contributed by atoms with Gasteiger partial charge in [0.25, 0.3) is 0 Å². The minimum Gasteiger partial charge on any atom is -0.444 e. The fourth-order valence-corrected chi connectivity index (χ4v) is 2.87. The van der Waals surface area contributed by atoms with E-state index in [1.807, 2.05) is 26.8 Å². The number of nitrogens with zero attached hydrogens (tertiary/aromatic N) is 3. The van der Waals surface area contributed by atoms with Crippen LogP contribution in [0.4, 0.5) is 9.18 Å².